The minimum atomic E-state index is 0.625. The molecule has 0 spiro atoms. The topological polar surface area (TPSA) is 16.4 Å². The SMILES string of the molecule is CCC1CC2CC3c4oc5ccc(C)cc5c4C[C@H](C)N(C2)C13. The lowest BCUT2D eigenvalue weighted by Gasteiger charge is -2.54. The Morgan fingerprint density at radius 2 is 2.13 bits per heavy atom. The molecule has 5 unspecified atom stereocenters. The van der Waals surface area contributed by atoms with E-state index in [1.165, 1.54) is 48.1 Å². The van der Waals surface area contributed by atoms with Gasteiger partial charge < -0.3 is 4.42 Å². The first-order valence-electron chi connectivity index (χ1n) is 9.43. The minimum Gasteiger partial charge on any atom is -0.460 e. The van der Waals surface area contributed by atoms with Crippen LogP contribution in [-0.2, 0) is 6.42 Å². The van der Waals surface area contributed by atoms with Crippen molar-refractivity contribution < 1.29 is 4.42 Å². The lowest BCUT2D eigenvalue weighted by Crippen LogP contribution is -2.58. The molecule has 122 valence electrons. The summed E-state index contributed by atoms with van der Waals surface area (Å²) in [7, 11) is 0. The summed E-state index contributed by atoms with van der Waals surface area (Å²) in [4.78, 5) is 2.84. The molecule has 4 bridgehead atoms. The molecular weight excluding hydrogens is 282 g/mol. The van der Waals surface area contributed by atoms with Crippen molar-refractivity contribution in [1.29, 1.82) is 0 Å². The van der Waals surface area contributed by atoms with Crippen LogP contribution in [0.1, 0.15) is 55.9 Å². The Labute approximate surface area is 138 Å². The average Bonchev–Trinajstić information content (AvgIpc) is 2.88. The maximum atomic E-state index is 6.48. The molecule has 1 aromatic heterocycles. The van der Waals surface area contributed by atoms with Gasteiger partial charge in [-0.3, -0.25) is 4.90 Å². The highest BCUT2D eigenvalue weighted by Gasteiger charge is 2.51. The molecule has 1 aromatic carbocycles. The molecule has 3 aliphatic heterocycles. The summed E-state index contributed by atoms with van der Waals surface area (Å²) < 4.78 is 6.48. The third kappa shape index (κ3) is 1.91. The van der Waals surface area contributed by atoms with Gasteiger partial charge in [-0.1, -0.05) is 25.0 Å². The second kappa shape index (κ2) is 4.86. The van der Waals surface area contributed by atoms with Crippen LogP contribution in [0.5, 0.6) is 0 Å². The third-order valence-electron chi connectivity index (χ3n) is 6.87. The number of rotatable bonds is 1. The Hall–Kier alpha value is -1.28. The van der Waals surface area contributed by atoms with E-state index in [1.807, 2.05) is 0 Å². The molecule has 6 atom stereocenters. The average molecular weight is 309 g/mol. The highest BCUT2D eigenvalue weighted by atomic mass is 16.3. The van der Waals surface area contributed by atoms with Crippen LogP contribution < -0.4 is 0 Å². The van der Waals surface area contributed by atoms with Crippen molar-refractivity contribution in [2.45, 2.75) is 64.5 Å². The number of hydrogen-bond acceptors (Lipinski definition) is 2. The van der Waals surface area contributed by atoms with Gasteiger partial charge in [0.1, 0.15) is 11.3 Å². The van der Waals surface area contributed by atoms with Gasteiger partial charge in [-0.05, 0) is 57.1 Å². The monoisotopic (exact) mass is 309 g/mol. The van der Waals surface area contributed by atoms with Gasteiger partial charge >= 0.3 is 0 Å². The van der Waals surface area contributed by atoms with E-state index in [0.717, 1.165) is 23.8 Å². The lowest BCUT2D eigenvalue weighted by molar-refractivity contribution is -0.0384. The summed E-state index contributed by atoms with van der Waals surface area (Å²) in [6.45, 7) is 8.33. The number of benzene rings is 1. The van der Waals surface area contributed by atoms with E-state index in [9.17, 15) is 0 Å². The molecule has 3 fully saturated rings. The minimum absolute atomic E-state index is 0.625. The second-order valence-electron chi connectivity index (χ2n) is 8.30. The number of fused-ring (bicyclic) bond motifs is 4. The van der Waals surface area contributed by atoms with Crippen molar-refractivity contribution in [3.63, 3.8) is 0 Å². The third-order valence-corrected chi connectivity index (χ3v) is 6.87. The van der Waals surface area contributed by atoms with E-state index in [1.54, 1.807) is 0 Å². The van der Waals surface area contributed by atoms with Crippen LogP contribution in [0.25, 0.3) is 11.0 Å². The quantitative estimate of drug-likeness (QED) is 0.745. The Morgan fingerprint density at radius 1 is 1.26 bits per heavy atom. The standard InChI is InChI=1S/C21H27NO/c1-4-15-9-14-10-18-20(15)22(11-14)13(3)8-17-16-7-12(2)5-6-19(16)23-21(17)18/h5-7,13-15,18,20H,4,8-11H2,1-3H3/t13-,14?,15?,18?,20?/m0/s1. The fraction of sp³-hybridized carbons (Fsp3) is 0.619. The summed E-state index contributed by atoms with van der Waals surface area (Å²) in [6.07, 6.45) is 5.25. The van der Waals surface area contributed by atoms with Crippen LogP contribution in [0.2, 0.25) is 0 Å². The van der Waals surface area contributed by atoms with E-state index in [0.29, 0.717) is 18.0 Å². The largest absolute Gasteiger partial charge is 0.460 e. The first-order chi connectivity index (χ1) is 11.2. The smallest absolute Gasteiger partial charge is 0.134 e. The van der Waals surface area contributed by atoms with Crippen molar-refractivity contribution in [2.75, 3.05) is 6.54 Å². The number of aryl methyl sites for hydroxylation is 1. The van der Waals surface area contributed by atoms with Crippen molar-refractivity contribution in [3.05, 3.63) is 35.1 Å². The van der Waals surface area contributed by atoms with Gasteiger partial charge in [0.2, 0.25) is 0 Å². The van der Waals surface area contributed by atoms with Crippen molar-refractivity contribution >= 4 is 11.0 Å². The Morgan fingerprint density at radius 3 is 2.96 bits per heavy atom. The molecule has 1 aliphatic carbocycles. The zero-order chi connectivity index (χ0) is 15.7. The summed E-state index contributed by atoms with van der Waals surface area (Å²) in [5.41, 5.74) is 3.97. The highest BCUT2D eigenvalue weighted by Crippen LogP contribution is 2.52. The Balaban J connectivity index is 1.72. The van der Waals surface area contributed by atoms with Gasteiger partial charge in [-0.25, -0.2) is 0 Å². The van der Waals surface area contributed by atoms with Crippen LogP contribution in [0.3, 0.4) is 0 Å². The van der Waals surface area contributed by atoms with Gasteiger partial charge in [0.05, 0.1) is 0 Å². The molecule has 2 heteroatoms. The second-order valence-corrected chi connectivity index (χ2v) is 8.30. The van der Waals surface area contributed by atoms with E-state index >= 15 is 0 Å². The molecule has 6 rings (SSSR count). The van der Waals surface area contributed by atoms with Crippen molar-refractivity contribution in [1.82, 2.24) is 4.90 Å². The first kappa shape index (κ1) is 14.1. The van der Waals surface area contributed by atoms with E-state index in [-0.39, 0.29) is 0 Å². The molecule has 4 aliphatic rings. The van der Waals surface area contributed by atoms with E-state index in [4.69, 9.17) is 4.42 Å². The normalized spacial score (nSPS) is 38.6. The van der Waals surface area contributed by atoms with Crippen LogP contribution in [-0.4, -0.2) is 23.5 Å². The van der Waals surface area contributed by atoms with Gasteiger partial charge in [0.25, 0.3) is 0 Å². The van der Waals surface area contributed by atoms with Crippen LogP contribution in [0.15, 0.2) is 22.6 Å². The van der Waals surface area contributed by atoms with E-state index in [2.05, 4.69) is 43.9 Å². The zero-order valence-electron chi connectivity index (χ0n) is 14.5. The fourth-order valence-electron chi connectivity index (χ4n) is 5.91. The summed E-state index contributed by atoms with van der Waals surface area (Å²) in [6, 6.07) is 8.05. The molecular formula is C21H27NO. The Kier molecular flexibility index (Phi) is 2.98. The lowest BCUT2D eigenvalue weighted by atomic mass is 9.65. The molecule has 2 aromatic rings. The van der Waals surface area contributed by atoms with Gasteiger partial charge in [0.15, 0.2) is 0 Å². The highest BCUT2D eigenvalue weighted by molar-refractivity contribution is 5.83. The summed E-state index contributed by atoms with van der Waals surface area (Å²) in [5.74, 6) is 3.70. The van der Waals surface area contributed by atoms with Crippen LogP contribution in [0.4, 0.5) is 0 Å². The van der Waals surface area contributed by atoms with Crippen molar-refractivity contribution in [3.8, 4) is 0 Å². The molecule has 2 saturated heterocycles. The number of piperidine rings is 2. The van der Waals surface area contributed by atoms with E-state index < -0.39 is 0 Å². The molecule has 2 nitrogen and oxygen atoms in total. The first-order valence-corrected chi connectivity index (χ1v) is 9.43. The molecule has 4 heterocycles. The number of furan rings is 1. The Bertz CT molecular complexity index is 761. The fourth-order valence-corrected chi connectivity index (χ4v) is 5.91. The predicted molar refractivity (Wildman–Crippen MR) is 93.9 cm³/mol. The van der Waals surface area contributed by atoms with Crippen LogP contribution >= 0.6 is 0 Å². The number of hydrogen-bond donors (Lipinski definition) is 0. The van der Waals surface area contributed by atoms with Gasteiger partial charge in [-0.2, -0.15) is 0 Å². The molecule has 1 saturated carbocycles. The molecule has 0 N–H and O–H groups in total. The summed E-state index contributed by atoms with van der Waals surface area (Å²) in [5, 5.41) is 1.38. The summed E-state index contributed by atoms with van der Waals surface area (Å²) >= 11 is 0. The molecule has 0 radical (unpaired) electrons. The molecule has 0 amide bonds. The van der Waals surface area contributed by atoms with Crippen LogP contribution in [0, 0.1) is 18.8 Å². The zero-order valence-corrected chi connectivity index (χ0v) is 14.5. The molecule has 23 heavy (non-hydrogen) atoms. The van der Waals surface area contributed by atoms with Gasteiger partial charge in [-0.15, -0.1) is 0 Å². The maximum absolute atomic E-state index is 6.48. The number of nitrogens with zero attached hydrogens (tertiary/aromatic N) is 1. The maximum Gasteiger partial charge on any atom is 0.134 e. The van der Waals surface area contributed by atoms with Crippen molar-refractivity contribution in [2.24, 2.45) is 11.8 Å². The predicted octanol–water partition coefficient (Wildman–Crippen LogP) is 4.89. The van der Waals surface area contributed by atoms with Gasteiger partial charge in [0, 0.05) is 35.5 Å².